The number of amides is 1. The number of aryl methyl sites for hydroxylation is 1. The van der Waals surface area contributed by atoms with Crippen LogP contribution >= 0.6 is 15.9 Å². The van der Waals surface area contributed by atoms with Crippen molar-refractivity contribution in [3.8, 4) is 0 Å². The lowest BCUT2D eigenvalue weighted by Gasteiger charge is -2.33. The number of halogens is 1. The van der Waals surface area contributed by atoms with E-state index in [0.29, 0.717) is 11.0 Å². The summed E-state index contributed by atoms with van der Waals surface area (Å²) in [7, 11) is -3.76. The fourth-order valence-electron chi connectivity index (χ4n) is 2.16. The van der Waals surface area contributed by atoms with Crippen LogP contribution in [0.5, 0.6) is 0 Å². The van der Waals surface area contributed by atoms with E-state index < -0.39 is 22.0 Å². The van der Waals surface area contributed by atoms with E-state index in [-0.39, 0.29) is 18.0 Å². The highest BCUT2D eigenvalue weighted by Gasteiger charge is 2.37. The Morgan fingerprint density at radius 1 is 1.50 bits per heavy atom. The maximum atomic E-state index is 12.7. The highest BCUT2D eigenvalue weighted by molar-refractivity contribution is 9.10. The molecule has 0 aliphatic carbocycles. The van der Waals surface area contributed by atoms with Gasteiger partial charge in [-0.15, -0.1) is 0 Å². The Kier molecular flexibility index (Phi) is 4.48. The van der Waals surface area contributed by atoms with Crippen molar-refractivity contribution in [1.29, 1.82) is 0 Å². The predicted molar refractivity (Wildman–Crippen MR) is 78.6 cm³/mol. The minimum absolute atomic E-state index is 0.149. The van der Waals surface area contributed by atoms with Crippen LogP contribution in [-0.2, 0) is 14.8 Å². The monoisotopic (exact) mass is 361 g/mol. The molecule has 1 aliphatic heterocycles. The summed E-state index contributed by atoms with van der Waals surface area (Å²) in [5.74, 6) is -0.649. The number of rotatable bonds is 3. The number of carbonyl (C=O) groups is 1. The molecule has 110 valence electrons. The number of sulfonamides is 1. The predicted octanol–water partition coefficient (Wildman–Crippen LogP) is 0.205. The summed E-state index contributed by atoms with van der Waals surface area (Å²) >= 11 is 3.27. The van der Waals surface area contributed by atoms with Crippen molar-refractivity contribution in [1.82, 2.24) is 9.62 Å². The highest BCUT2D eigenvalue weighted by Crippen LogP contribution is 2.27. The molecule has 1 unspecified atom stereocenters. The fourth-order valence-corrected chi connectivity index (χ4v) is 4.91. The fraction of sp³-hybridized carbons (Fsp3) is 0.417. The van der Waals surface area contributed by atoms with E-state index in [1.54, 1.807) is 12.1 Å². The van der Waals surface area contributed by atoms with Crippen LogP contribution in [0, 0.1) is 6.92 Å². The van der Waals surface area contributed by atoms with Crippen LogP contribution in [0.3, 0.4) is 0 Å². The van der Waals surface area contributed by atoms with Crippen LogP contribution in [0.4, 0.5) is 0 Å². The molecule has 2 rings (SSSR count). The van der Waals surface area contributed by atoms with Gasteiger partial charge in [0.1, 0.15) is 6.04 Å². The molecule has 0 saturated carbocycles. The molecular weight excluding hydrogens is 346 g/mol. The molecular formula is C12H16BrN3O3S. The van der Waals surface area contributed by atoms with Gasteiger partial charge in [0.15, 0.2) is 0 Å². The molecule has 1 aromatic rings. The first kappa shape index (κ1) is 15.4. The minimum atomic E-state index is -3.76. The van der Waals surface area contributed by atoms with Crippen LogP contribution in [0.25, 0.3) is 0 Å². The number of nitrogens with two attached hydrogens (primary N) is 1. The Morgan fingerprint density at radius 3 is 2.80 bits per heavy atom. The lowest BCUT2D eigenvalue weighted by atomic mass is 10.2. The van der Waals surface area contributed by atoms with Crippen molar-refractivity contribution >= 4 is 31.9 Å². The molecule has 1 aliphatic rings. The number of nitrogens with zero attached hydrogens (tertiary/aromatic N) is 1. The summed E-state index contributed by atoms with van der Waals surface area (Å²) in [6, 6.07) is 4.13. The van der Waals surface area contributed by atoms with Gasteiger partial charge >= 0.3 is 0 Å². The van der Waals surface area contributed by atoms with E-state index in [1.807, 2.05) is 6.92 Å². The van der Waals surface area contributed by atoms with Crippen molar-refractivity contribution in [3.63, 3.8) is 0 Å². The highest BCUT2D eigenvalue weighted by atomic mass is 79.9. The lowest BCUT2D eigenvalue weighted by molar-refractivity contribution is -0.122. The van der Waals surface area contributed by atoms with Crippen molar-refractivity contribution in [2.75, 3.05) is 19.6 Å². The largest absolute Gasteiger partial charge is 0.368 e. The number of benzene rings is 1. The summed E-state index contributed by atoms with van der Waals surface area (Å²) in [6.45, 7) is 2.82. The van der Waals surface area contributed by atoms with Crippen LogP contribution < -0.4 is 11.1 Å². The van der Waals surface area contributed by atoms with Gasteiger partial charge in [-0.25, -0.2) is 8.42 Å². The van der Waals surface area contributed by atoms with Gasteiger partial charge in [-0.1, -0.05) is 6.07 Å². The summed E-state index contributed by atoms with van der Waals surface area (Å²) in [6.07, 6.45) is 0. The Morgan fingerprint density at radius 2 is 2.20 bits per heavy atom. The third-order valence-electron chi connectivity index (χ3n) is 3.20. The average Bonchev–Trinajstić information content (AvgIpc) is 2.38. The Labute approximate surface area is 126 Å². The molecule has 1 amide bonds. The molecule has 0 spiro atoms. The average molecular weight is 362 g/mol. The number of primary amides is 1. The molecule has 3 N–H and O–H groups in total. The van der Waals surface area contributed by atoms with E-state index >= 15 is 0 Å². The molecule has 1 saturated heterocycles. The third-order valence-corrected chi connectivity index (χ3v) is 6.08. The van der Waals surface area contributed by atoms with Crippen molar-refractivity contribution in [3.05, 3.63) is 28.2 Å². The van der Waals surface area contributed by atoms with E-state index in [2.05, 4.69) is 21.2 Å². The second-order valence-electron chi connectivity index (χ2n) is 4.67. The van der Waals surface area contributed by atoms with Gasteiger partial charge in [0, 0.05) is 24.1 Å². The molecule has 0 bridgehead atoms. The van der Waals surface area contributed by atoms with E-state index in [4.69, 9.17) is 5.73 Å². The molecule has 1 atom stereocenters. The van der Waals surface area contributed by atoms with E-state index in [9.17, 15) is 13.2 Å². The minimum Gasteiger partial charge on any atom is -0.368 e. The van der Waals surface area contributed by atoms with Crippen molar-refractivity contribution in [2.45, 2.75) is 17.9 Å². The quantitative estimate of drug-likeness (QED) is 0.804. The number of carbonyl (C=O) groups excluding carboxylic acids is 1. The Hall–Kier alpha value is -0.960. The third kappa shape index (κ3) is 2.88. The molecule has 1 heterocycles. The van der Waals surface area contributed by atoms with Crippen molar-refractivity contribution in [2.24, 2.45) is 5.73 Å². The second-order valence-corrected chi connectivity index (χ2v) is 7.39. The SMILES string of the molecule is Cc1ccc(S(=O)(=O)N2CCNCC2C(N)=O)c(Br)c1. The van der Waals surface area contributed by atoms with Gasteiger partial charge in [-0.05, 0) is 40.5 Å². The van der Waals surface area contributed by atoms with Crippen LogP contribution in [-0.4, -0.2) is 44.3 Å². The maximum absolute atomic E-state index is 12.7. The molecule has 0 aromatic heterocycles. The zero-order chi connectivity index (χ0) is 14.9. The van der Waals surface area contributed by atoms with Crippen molar-refractivity contribution < 1.29 is 13.2 Å². The maximum Gasteiger partial charge on any atom is 0.245 e. The molecule has 6 nitrogen and oxygen atoms in total. The molecule has 20 heavy (non-hydrogen) atoms. The van der Waals surface area contributed by atoms with Gasteiger partial charge in [0.2, 0.25) is 15.9 Å². The van der Waals surface area contributed by atoms with E-state index in [0.717, 1.165) is 5.56 Å². The standard InChI is InChI=1S/C12H16BrN3O3S/c1-8-2-3-11(9(13)6-8)20(18,19)16-5-4-15-7-10(16)12(14)17/h2-3,6,10,15H,4-5,7H2,1H3,(H2,14,17). The molecule has 1 aromatic carbocycles. The lowest BCUT2D eigenvalue weighted by Crippen LogP contribution is -2.58. The van der Waals surface area contributed by atoms with Gasteiger partial charge in [-0.2, -0.15) is 4.31 Å². The van der Waals surface area contributed by atoms with Gasteiger partial charge < -0.3 is 11.1 Å². The van der Waals surface area contributed by atoms with Gasteiger partial charge in [0.05, 0.1) is 4.90 Å². The molecule has 8 heteroatoms. The molecule has 1 fully saturated rings. The summed E-state index contributed by atoms with van der Waals surface area (Å²) in [5, 5.41) is 2.97. The second kappa shape index (κ2) is 5.80. The van der Waals surface area contributed by atoms with Crippen LogP contribution in [0.1, 0.15) is 5.56 Å². The van der Waals surface area contributed by atoms with Crippen LogP contribution in [0.2, 0.25) is 0 Å². The Balaban J connectivity index is 2.45. The Bertz CT molecular complexity index is 633. The summed E-state index contributed by atoms with van der Waals surface area (Å²) in [4.78, 5) is 11.6. The number of hydrogen-bond acceptors (Lipinski definition) is 4. The summed E-state index contributed by atoms with van der Waals surface area (Å²) < 4.78 is 27.0. The number of hydrogen-bond donors (Lipinski definition) is 2. The topological polar surface area (TPSA) is 92.5 Å². The zero-order valence-corrected chi connectivity index (χ0v) is 13.4. The number of piperazine rings is 1. The number of nitrogens with one attached hydrogen (secondary N) is 1. The first-order valence-electron chi connectivity index (χ1n) is 6.12. The first-order valence-corrected chi connectivity index (χ1v) is 8.35. The first-order chi connectivity index (χ1) is 9.34. The zero-order valence-electron chi connectivity index (χ0n) is 11.0. The van der Waals surface area contributed by atoms with Gasteiger partial charge in [0.25, 0.3) is 0 Å². The summed E-state index contributed by atoms with van der Waals surface area (Å²) in [5.41, 5.74) is 6.24. The normalized spacial score (nSPS) is 20.8. The van der Waals surface area contributed by atoms with Crippen LogP contribution in [0.15, 0.2) is 27.6 Å². The smallest absolute Gasteiger partial charge is 0.245 e. The van der Waals surface area contributed by atoms with Gasteiger partial charge in [-0.3, -0.25) is 4.79 Å². The van der Waals surface area contributed by atoms with E-state index in [1.165, 1.54) is 10.4 Å². The molecule has 0 radical (unpaired) electrons.